The Hall–Kier alpha value is -0.279. The van der Waals surface area contributed by atoms with Crippen LogP contribution in [-0.2, 0) is 8.23 Å². The summed E-state index contributed by atoms with van der Waals surface area (Å²) < 4.78 is 27.1. The molecule has 0 saturated heterocycles. The van der Waals surface area contributed by atoms with Crippen LogP contribution in [0.15, 0.2) is 18.2 Å². The molecule has 20 heavy (non-hydrogen) atoms. The van der Waals surface area contributed by atoms with Crippen molar-refractivity contribution in [3.8, 4) is 0 Å². The van der Waals surface area contributed by atoms with Crippen LogP contribution in [0.2, 0.25) is 45.8 Å². The van der Waals surface area contributed by atoms with Crippen molar-refractivity contribution in [3.63, 3.8) is 0 Å². The molecular weight excluding hydrogens is 303 g/mol. The predicted octanol–water partition coefficient (Wildman–Crippen LogP) is 4.12. The normalized spacial score (nSPS) is 13.7. The van der Waals surface area contributed by atoms with Crippen LogP contribution in [0.5, 0.6) is 0 Å². The Morgan fingerprint density at radius 3 is 1.70 bits per heavy atom. The molecule has 1 aromatic carbocycles. The van der Waals surface area contributed by atoms with Gasteiger partial charge in [0.1, 0.15) is 5.82 Å². The third-order valence-electron chi connectivity index (χ3n) is 2.61. The zero-order chi connectivity index (χ0) is 15.8. The number of aryl methyl sites for hydroxylation is 1. The van der Waals surface area contributed by atoms with E-state index in [0.29, 0.717) is 5.19 Å². The Morgan fingerprint density at radius 1 is 0.850 bits per heavy atom. The second-order valence-electron chi connectivity index (χ2n) is 7.36. The van der Waals surface area contributed by atoms with E-state index < -0.39 is 25.2 Å². The van der Waals surface area contributed by atoms with Crippen molar-refractivity contribution in [2.75, 3.05) is 0 Å². The quantitative estimate of drug-likeness (QED) is 0.756. The largest absolute Gasteiger partial charge is 0.433 e. The van der Waals surface area contributed by atoms with Gasteiger partial charge in [0.2, 0.25) is 0 Å². The molecule has 0 amide bonds. The number of rotatable bonds is 5. The summed E-state index contributed by atoms with van der Waals surface area (Å²) in [5, 5.41) is 0.641. The van der Waals surface area contributed by atoms with E-state index in [1.807, 2.05) is 19.5 Å². The highest BCUT2D eigenvalue weighted by atomic mass is 28.5. The Kier molecular flexibility index (Phi) is 5.19. The maximum absolute atomic E-state index is 14.3. The average molecular weight is 331 g/mol. The molecule has 0 heterocycles. The molecule has 0 N–H and O–H groups in total. The summed E-state index contributed by atoms with van der Waals surface area (Å²) in [6, 6.07) is 5.20. The summed E-state index contributed by atoms with van der Waals surface area (Å²) in [7, 11) is -6.37. The van der Waals surface area contributed by atoms with Gasteiger partial charge >= 0.3 is 8.56 Å². The highest BCUT2D eigenvalue weighted by molar-refractivity contribution is 6.94. The first kappa shape index (κ1) is 17.8. The van der Waals surface area contributed by atoms with Gasteiger partial charge in [-0.25, -0.2) is 4.39 Å². The molecule has 0 fully saturated rings. The second-order valence-corrected chi connectivity index (χ2v) is 19.9. The maximum Gasteiger partial charge on any atom is 0.351 e. The molecule has 0 spiro atoms. The molecule has 0 aliphatic carbocycles. The highest BCUT2D eigenvalue weighted by Gasteiger charge is 2.43. The van der Waals surface area contributed by atoms with Gasteiger partial charge in [-0.15, -0.1) is 0 Å². The van der Waals surface area contributed by atoms with Crippen molar-refractivity contribution in [1.29, 1.82) is 0 Å². The first-order chi connectivity index (χ1) is 8.82. The first-order valence-electron chi connectivity index (χ1n) is 6.99. The molecule has 2 nitrogen and oxygen atoms in total. The van der Waals surface area contributed by atoms with Crippen molar-refractivity contribution in [2.24, 2.45) is 0 Å². The van der Waals surface area contributed by atoms with Crippen LogP contribution < -0.4 is 5.19 Å². The van der Waals surface area contributed by atoms with Gasteiger partial charge in [-0.05, 0) is 58.8 Å². The maximum atomic E-state index is 14.3. The van der Waals surface area contributed by atoms with Crippen LogP contribution in [0, 0.1) is 12.7 Å². The van der Waals surface area contributed by atoms with Crippen molar-refractivity contribution in [3.05, 3.63) is 29.6 Å². The van der Waals surface area contributed by atoms with E-state index in [0.717, 1.165) is 5.56 Å². The minimum Gasteiger partial charge on any atom is -0.433 e. The zero-order valence-corrected chi connectivity index (χ0v) is 16.9. The summed E-state index contributed by atoms with van der Waals surface area (Å²) in [6.45, 7) is 16.7. The highest BCUT2D eigenvalue weighted by Crippen LogP contribution is 2.22. The molecule has 1 rings (SSSR count). The molecular formula is C14H27FO2Si3. The molecule has 0 bridgehead atoms. The van der Waals surface area contributed by atoms with Crippen LogP contribution in [0.1, 0.15) is 5.56 Å². The number of halogens is 1. The predicted molar refractivity (Wildman–Crippen MR) is 91.3 cm³/mol. The number of hydrogen-bond acceptors (Lipinski definition) is 2. The minimum absolute atomic E-state index is 0.207. The van der Waals surface area contributed by atoms with Crippen LogP contribution in [0.4, 0.5) is 4.39 Å². The molecule has 0 radical (unpaired) electrons. The first-order valence-corrected chi connectivity index (χ1v) is 16.1. The fraction of sp³-hybridized carbons (Fsp3) is 0.571. The summed E-state index contributed by atoms with van der Waals surface area (Å²) >= 11 is 0. The van der Waals surface area contributed by atoms with Crippen molar-refractivity contribution >= 4 is 30.4 Å². The topological polar surface area (TPSA) is 18.5 Å². The van der Waals surface area contributed by atoms with Gasteiger partial charge in [-0.2, -0.15) is 0 Å². The average Bonchev–Trinajstić information content (AvgIpc) is 2.15. The van der Waals surface area contributed by atoms with Crippen LogP contribution in [-0.4, -0.2) is 25.2 Å². The lowest BCUT2D eigenvalue weighted by Crippen LogP contribution is -2.61. The van der Waals surface area contributed by atoms with Gasteiger partial charge in [-0.3, -0.25) is 0 Å². The summed E-state index contributed by atoms with van der Waals surface area (Å²) in [4.78, 5) is 0. The molecule has 114 valence electrons. The summed E-state index contributed by atoms with van der Waals surface area (Å²) in [6.07, 6.45) is 0. The number of benzene rings is 1. The molecule has 0 atom stereocenters. The molecule has 6 heteroatoms. The van der Waals surface area contributed by atoms with Crippen molar-refractivity contribution in [1.82, 2.24) is 0 Å². The summed E-state index contributed by atoms with van der Waals surface area (Å²) in [5.74, 6) is -0.207. The van der Waals surface area contributed by atoms with E-state index in [2.05, 4.69) is 39.3 Å². The molecule has 0 aliphatic heterocycles. The van der Waals surface area contributed by atoms with E-state index in [4.69, 9.17) is 8.23 Å². The van der Waals surface area contributed by atoms with Gasteiger partial charge in [0.05, 0.1) is 0 Å². The zero-order valence-electron chi connectivity index (χ0n) is 13.9. The second kappa shape index (κ2) is 5.84. The van der Waals surface area contributed by atoms with Gasteiger partial charge in [0.25, 0.3) is 0 Å². The molecule has 1 aromatic rings. The van der Waals surface area contributed by atoms with Gasteiger partial charge in [0.15, 0.2) is 16.6 Å². The van der Waals surface area contributed by atoms with E-state index in [1.165, 1.54) is 6.07 Å². The lowest BCUT2D eigenvalue weighted by atomic mass is 10.2. The fourth-order valence-electron chi connectivity index (χ4n) is 2.29. The minimum atomic E-state index is -2.72. The van der Waals surface area contributed by atoms with Gasteiger partial charge in [-0.1, -0.05) is 17.7 Å². The van der Waals surface area contributed by atoms with Gasteiger partial charge in [0, 0.05) is 5.19 Å². The molecule has 0 aromatic heterocycles. The Morgan fingerprint density at radius 2 is 1.30 bits per heavy atom. The van der Waals surface area contributed by atoms with Crippen LogP contribution >= 0.6 is 0 Å². The standard InChI is InChI=1S/C14H27FO2Si3/c1-12-9-10-13(15)14(11-12)20(8,16-18(2,3)4)17-19(5,6)7/h9-11H,1-8H3. The smallest absolute Gasteiger partial charge is 0.351 e. The van der Waals surface area contributed by atoms with Gasteiger partial charge < -0.3 is 8.23 Å². The van der Waals surface area contributed by atoms with Crippen molar-refractivity contribution in [2.45, 2.75) is 52.8 Å². The van der Waals surface area contributed by atoms with Crippen LogP contribution in [0.25, 0.3) is 0 Å². The third-order valence-corrected chi connectivity index (χ3v) is 12.0. The molecule has 0 unspecified atom stereocenters. The SMILES string of the molecule is Cc1ccc(F)c([Si](C)(O[Si](C)(C)C)O[Si](C)(C)C)c1. The van der Waals surface area contributed by atoms with Crippen molar-refractivity contribution < 1.29 is 12.6 Å². The lowest BCUT2D eigenvalue weighted by molar-refractivity contribution is 0.402. The number of hydrogen-bond donors (Lipinski definition) is 0. The van der Waals surface area contributed by atoms with E-state index in [9.17, 15) is 4.39 Å². The van der Waals surface area contributed by atoms with Crippen LogP contribution in [0.3, 0.4) is 0 Å². The van der Waals surface area contributed by atoms with E-state index in [1.54, 1.807) is 6.07 Å². The van der Waals surface area contributed by atoms with E-state index in [-0.39, 0.29) is 5.82 Å². The van der Waals surface area contributed by atoms with E-state index >= 15 is 0 Å². The fourth-order valence-corrected chi connectivity index (χ4v) is 14.1. The Bertz CT molecular complexity index is 462. The monoisotopic (exact) mass is 330 g/mol. The lowest BCUT2D eigenvalue weighted by Gasteiger charge is -2.38. The molecule has 0 aliphatic rings. The third kappa shape index (κ3) is 5.25. The molecule has 0 saturated carbocycles. The Labute approximate surface area is 125 Å². The summed E-state index contributed by atoms with van der Waals surface area (Å²) in [5.41, 5.74) is 1.04. The Balaban J connectivity index is 3.32.